The second-order valence-corrected chi connectivity index (χ2v) is 7.07. The minimum Gasteiger partial charge on any atom is -0.609 e. The quantitative estimate of drug-likeness (QED) is 0.398. The average Bonchev–Trinajstić information content (AvgIpc) is 3.03. The molecule has 146 valence electrons. The Labute approximate surface area is 148 Å². The second kappa shape index (κ2) is 8.47. The molecule has 3 nitrogen and oxygen atoms in total. The Hall–Kier alpha value is -1.49. The van der Waals surface area contributed by atoms with Gasteiger partial charge in [0.25, 0.3) is 6.43 Å². The number of alkyl halides is 6. The van der Waals surface area contributed by atoms with Crippen LogP contribution in [-0.2, 0) is 11.2 Å². The van der Waals surface area contributed by atoms with E-state index in [1.54, 1.807) is 0 Å². The van der Waals surface area contributed by atoms with E-state index in [0.717, 1.165) is 12.1 Å². The minimum atomic E-state index is -3.50. The summed E-state index contributed by atoms with van der Waals surface area (Å²) in [5.41, 5.74) is -3.52. The first kappa shape index (κ1) is 20.8. The number of hydrogen-bond donors (Lipinski definition) is 0. The zero-order valence-corrected chi connectivity index (χ0v) is 14.3. The van der Waals surface area contributed by atoms with E-state index in [9.17, 15) is 35.3 Å². The molecule has 0 saturated carbocycles. The molecule has 0 bridgehead atoms. The lowest BCUT2D eigenvalue weighted by molar-refractivity contribution is -0.0138. The number of aliphatic imine (C=N–C) groups is 1. The normalized spacial score (nSPS) is 20.3. The molecule has 1 heterocycles. The molecular formula is C15H15F7N2OS. The largest absolute Gasteiger partial charge is 0.609 e. The van der Waals surface area contributed by atoms with Gasteiger partial charge in [0.15, 0.2) is 4.90 Å². The van der Waals surface area contributed by atoms with Gasteiger partial charge in [-0.3, -0.25) is 0 Å². The van der Waals surface area contributed by atoms with E-state index in [0.29, 0.717) is 11.3 Å². The molecule has 0 N–H and O–H groups in total. The summed E-state index contributed by atoms with van der Waals surface area (Å²) in [6.07, 6.45) is -8.99. The Balaban J connectivity index is 2.39. The summed E-state index contributed by atoms with van der Waals surface area (Å²) in [6.45, 7) is 1.20. The molecular weight excluding hydrogens is 389 g/mol. The zero-order chi connectivity index (χ0) is 19.6. The van der Waals surface area contributed by atoms with E-state index in [1.165, 1.54) is 6.92 Å². The number of amidine groups is 1. The fraction of sp³-hybridized carbons (Fsp3) is 0.533. The zero-order valence-electron chi connectivity index (χ0n) is 13.4. The smallest absolute Gasteiger partial charge is 0.318 e. The summed E-state index contributed by atoms with van der Waals surface area (Å²) in [5.74, 6) is -1.11. The maximum atomic E-state index is 14.1. The molecule has 1 saturated heterocycles. The maximum Gasteiger partial charge on any atom is 0.318 e. The maximum absolute atomic E-state index is 14.1. The molecule has 1 fully saturated rings. The summed E-state index contributed by atoms with van der Waals surface area (Å²) >= 11 is -2.78. The van der Waals surface area contributed by atoms with Gasteiger partial charge < -0.3 is 9.45 Å². The minimum absolute atomic E-state index is 0.0349. The first-order valence-electron chi connectivity index (χ1n) is 7.52. The van der Waals surface area contributed by atoms with Crippen LogP contribution in [0.1, 0.15) is 18.4 Å². The fourth-order valence-electron chi connectivity index (χ4n) is 2.50. The van der Waals surface area contributed by atoms with Gasteiger partial charge in [0, 0.05) is 35.8 Å². The monoisotopic (exact) mass is 404 g/mol. The topological polar surface area (TPSA) is 38.7 Å². The van der Waals surface area contributed by atoms with Crippen molar-refractivity contribution in [2.45, 2.75) is 49.3 Å². The first-order valence-corrected chi connectivity index (χ1v) is 8.74. The lowest BCUT2D eigenvalue weighted by Gasteiger charge is -2.23. The van der Waals surface area contributed by atoms with Crippen molar-refractivity contribution in [2.24, 2.45) is 4.99 Å². The SMILES string of the molecule is Cc1cc(F)c(N=C2CCCN2C(F)C(F)F)cc1[S+]([O-])C(F)C(F)F. The van der Waals surface area contributed by atoms with Crippen molar-refractivity contribution in [3.05, 3.63) is 23.5 Å². The molecule has 1 aromatic carbocycles. The van der Waals surface area contributed by atoms with Crippen LogP contribution in [0.3, 0.4) is 0 Å². The lowest BCUT2D eigenvalue weighted by Crippen LogP contribution is -2.37. The van der Waals surface area contributed by atoms with Gasteiger partial charge in [-0.05, 0) is 19.4 Å². The average molecular weight is 404 g/mol. The third kappa shape index (κ3) is 4.43. The standard InChI is InChI=1S/C15H15F7N2OS/c1-7-5-8(16)9(6-10(7)26(25)15(22)13(19)20)23-11-3-2-4-24(11)14(21)12(17)18/h5-6,12-15H,2-4H2,1H3. The van der Waals surface area contributed by atoms with Gasteiger partial charge in [-0.1, -0.05) is 0 Å². The van der Waals surface area contributed by atoms with Crippen molar-refractivity contribution in [3.63, 3.8) is 0 Å². The van der Waals surface area contributed by atoms with E-state index in [2.05, 4.69) is 4.99 Å². The predicted molar refractivity (Wildman–Crippen MR) is 82.4 cm³/mol. The predicted octanol–water partition coefficient (Wildman–Crippen LogP) is 4.49. The second-order valence-electron chi connectivity index (χ2n) is 5.58. The highest BCUT2D eigenvalue weighted by atomic mass is 32.2. The Bertz CT molecular complexity index is 674. The fourth-order valence-corrected chi connectivity index (χ4v) is 3.53. The van der Waals surface area contributed by atoms with E-state index < -0.39 is 52.2 Å². The molecule has 11 heteroatoms. The van der Waals surface area contributed by atoms with Gasteiger partial charge >= 0.3 is 11.9 Å². The Morgan fingerprint density at radius 2 is 1.77 bits per heavy atom. The van der Waals surface area contributed by atoms with Crippen molar-refractivity contribution in [1.82, 2.24) is 4.90 Å². The summed E-state index contributed by atoms with van der Waals surface area (Å²) in [5, 5.41) is 0. The van der Waals surface area contributed by atoms with Crippen molar-refractivity contribution in [1.29, 1.82) is 0 Å². The van der Waals surface area contributed by atoms with E-state index in [4.69, 9.17) is 0 Å². The molecule has 2 rings (SSSR count). The molecule has 1 aliphatic heterocycles. The number of hydrogen-bond acceptors (Lipinski definition) is 2. The van der Waals surface area contributed by atoms with E-state index in [1.807, 2.05) is 0 Å². The molecule has 26 heavy (non-hydrogen) atoms. The van der Waals surface area contributed by atoms with Crippen LogP contribution in [0, 0.1) is 12.7 Å². The molecule has 1 aromatic rings. The van der Waals surface area contributed by atoms with Crippen molar-refractivity contribution in [3.8, 4) is 0 Å². The van der Waals surface area contributed by atoms with Crippen LogP contribution in [0.15, 0.2) is 22.0 Å². The van der Waals surface area contributed by atoms with Gasteiger partial charge in [-0.25, -0.2) is 31.3 Å². The van der Waals surface area contributed by atoms with Gasteiger partial charge in [0.1, 0.15) is 17.3 Å². The highest BCUT2D eigenvalue weighted by Gasteiger charge is 2.36. The Morgan fingerprint density at radius 1 is 1.12 bits per heavy atom. The molecule has 0 aliphatic carbocycles. The van der Waals surface area contributed by atoms with Crippen LogP contribution >= 0.6 is 0 Å². The summed E-state index contributed by atoms with van der Waals surface area (Å²) < 4.78 is 103. The highest BCUT2D eigenvalue weighted by molar-refractivity contribution is 7.92. The molecule has 3 atom stereocenters. The number of aryl methyl sites for hydroxylation is 1. The lowest BCUT2D eigenvalue weighted by atomic mass is 10.2. The highest BCUT2D eigenvalue weighted by Crippen LogP contribution is 2.32. The van der Waals surface area contributed by atoms with Crippen molar-refractivity contribution < 1.29 is 35.3 Å². The molecule has 1 aliphatic rings. The van der Waals surface area contributed by atoms with Gasteiger partial charge in [0.2, 0.25) is 6.30 Å². The number of benzene rings is 1. The van der Waals surface area contributed by atoms with Gasteiger partial charge in [-0.15, -0.1) is 0 Å². The van der Waals surface area contributed by atoms with Crippen molar-refractivity contribution >= 4 is 22.7 Å². The Kier molecular flexibility index (Phi) is 6.78. The number of halogens is 7. The number of rotatable bonds is 6. The van der Waals surface area contributed by atoms with Crippen LogP contribution in [-0.4, -0.2) is 46.5 Å². The molecule has 3 unspecified atom stereocenters. The number of likely N-dealkylation sites (tertiary alicyclic amines) is 1. The number of nitrogens with zero attached hydrogens (tertiary/aromatic N) is 2. The Morgan fingerprint density at radius 3 is 2.35 bits per heavy atom. The van der Waals surface area contributed by atoms with E-state index >= 15 is 0 Å². The summed E-state index contributed by atoms with van der Waals surface area (Å²) in [6, 6.07) is 1.64. The van der Waals surface area contributed by atoms with Crippen molar-refractivity contribution in [2.75, 3.05) is 6.54 Å². The third-order valence-corrected chi connectivity index (χ3v) is 5.24. The van der Waals surface area contributed by atoms with Crippen LogP contribution in [0.5, 0.6) is 0 Å². The molecule has 0 radical (unpaired) electrons. The van der Waals surface area contributed by atoms with Crippen LogP contribution in [0.4, 0.5) is 36.4 Å². The molecule has 0 aromatic heterocycles. The van der Waals surface area contributed by atoms with Crippen LogP contribution in [0.2, 0.25) is 0 Å². The van der Waals surface area contributed by atoms with Gasteiger partial charge in [0.05, 0.1) is 0 Å². The van der Waals surface area contributed by atoms with Crippen LogP contribution < -0.4 is 0 Å². The summed E-state index contributed by atoms with van der Waals surface area (Å²) in [4.78, 5) is 4.06. The van der Waals surface area contributed by atoms with Crippen LogP contribution in [0.25, 0.3) is 0 Å². The van der Waals surface area contributed by atoms with Gasteiger partial charge in [-0.2, -0.15) is 4.39 Å². The van der Waals surface area contributed by atoms with E-state index in [-0.39, 0.29) is 24.4 Å². The molecule has 0 spiro atoms. The third-order valence-electron chi connectivity index (χ3n) is 3.75. The first-order chi connectivity index (χ1) is 12.1. The molecule has 0 amide bonds. The summed E-state index contributed by atoms with van der Waals surface area (Å²) in [7, 11) is 0.